The van der Waals surface area contributed by atoms with E-state index in [1.165, 1.54) is 19.3 Å². The van der Waals surface area contributed by atoms with Crippen LogP contribution >= 0.6 is 0 Å². The molecular weight excluding hydrogens is 873 g/mol. The number of nitriles is 2. The zero-order chi connectivity index (χ0) is 50.3. The minimum Gasteiger partial charge on any atom is -0.365 e. The second kappa shape index (κ2) is 13.5. The first-order valence-electron chi connectivity index (χ1n) is 27.3. The Kier molecular flexibility index (Phi) is 9.06. The van der Waals surface area contributed by atoms with Crippen LogP contribution in [0.5, 0.6) is 0 Å². The largest absolute Gasteiger partial charge is 0.365 e. The van der Waals surface area contributed by atoms with Crippen molar-refractivity contribution in [1.29, 1.82) is 10.5 Å². The lowest BCUT2D eigenvalue weighted by molar-refractivity contribution is -0.208. The summed E-state index contributed by atoms with van der Waals surface area (Å²) >= 11 is 0. The van der Waals surface area contributed by atoms with Crippen molar-refractivity contribution in [3.8, 4) is 12.1 Å². The van der Waals surface area contributed by atoms with Gasteiger partial charge in [0.25, 0.3) is 11.8 Å². The lowest BCUT2D eigenvalue weighted by Gasteiger charge is -2.69. The summed E-state index contributed by atoms with van der Waals surface area (Å²) in [6.07, 6.45) is 24.6. The molecular formula is C60H78N4O6. The summed E-state index contributed by atoms with van der Waals surface area (Å²) in [5, 5.41) is 19.5. The van der Waals surface area contributed by atoms with Gasteiger partial charge in [-0.25, -0.2) is 0 Å². The number of carbonyl (C=O) groups is 4. The van der Waals surface area contributed by atoms with Crippen molar-refractivity contribution in [3.05, 3.63) is 46.6 Å². The highest BCUT2D eigenvalue weighted by Gasteiger charge is 2.86. The summed E-state index contributed by atoms with van der Waals surface area (Å²) in [5.74, 6) is 0.432. The topological polar surface area (TPSA) is 141 Å². The molecule has 70 heavy (non-hydrogen) atoms. The van der Waals surface area contributed by atoms with Crippen molar-refractivity contribution in [2.75, 3.05) is 20.7 Å². The van der Waals surface area contributed by atoms with Gasteiger partial charge in [-0.15, -0.1) is 0 Å². The fraction of sp³-hybridized carbons (Fsp3) is 0.767. The maximum Gasteiger partial charge on any atom is 0.264 e. The van der Waals surface area contributed by atoms with Crippen LogP contribution in [0, 0.1) is 88.6 Å². The average Bonchev–Trinajstić information content (AvgIpc) is 4.01. The molecule has 0 unspecified atom stereocenters. The van der Waals surface area contributed by atoms with Gasteiger partial charge < -0.3 is 19.3 Å². The predicted molar refractivity (Wildman–Crippen MR) is 264 cm³/mol. The smallest absolute Gasteiger partial charge is 0.264 e. The average molecular weight is 951 g/mol. The molecule has 0 aromatic rings. The molecule has 4 bridgehead atoms. The van der Waals surface area contributed by atoms with Crippen LogP contribution in [0.25, 0.3) is 0 Å². The molecule has 13 rings (SSSR count). The molecule has 2 amide bonds. The highest BCUT2D eigenvalue weighted by molar-refractivity contribution is 6.04. The molecule has 0 aromatic carbocycles. The number of ketones is 2. The molecule has 7 saturated carbocycles. The molecule has 3 spiro atoms. The van der Waals surface area contributed by atoms with Crippen LogP contribution in [0.1, 0.15) is 172 Å². The second-order valence-electron chi connectivity index (χ2n) is 28.7. The summed E-state index contributed by atoms with van der Waals surface area (Å²) in [6.45, 7) is 23.9. The van der Waals surface area contributed by atoms with Gasteiger partial charge in [-0.05, 0) is 165 Å². The van der Waals surface area contributed by atoms with E-state index >= 15 is 0 Å². The maximum absolute atomic E-state index is 14.7. The van der Waals surface area contributed by atoms with E-state index in [9.17, 15) is 29.7 Å². The van der Waals surface area contributed by atoms with Gasteiger partial charge in [0.1, 0.15) is 34.5 Å². The van der Waals surface area contributed by atoms with E-state index in [-0.39, 0.29) is 107 Å². The first-order chi connectivity index (χ1) is 32.6. The molecule has 14 atom stereocenters. The van der Waals surface area contributed by atoms with Gasteiger partial charge in [-0.1, -0.05) is 69.2 Å². The number of rotatable bonds is 0. The normalized spacial score (nSPS) is 51.1. The summed E-state index contributed by atoms with van der Waals surface area (Å²) in [7, 11) is 3.63. The van der Waals surface area contributed by atoms with E-state index in [1.54, 1.807) is 9.80 Å². The Morgan fingerprint density at radius 2 is 1.00 bits per heavy atom. The zero-order valence-electron chi connectivity index (χ0n) is 44.4. The number of amides is 2. The van der Waals surface area contributed by atoms with Crippen molar-refractivity contribution in [3.63, 3.8) is 0 Å². The zero-order valence-corrected chi connectivity index (χ0v) is 44.4. The third-order valence-electron chi connectivity index (χ3n) is 25.3. The number of hydrogen-bond acceptors (Lipinski definition) is 8. The second-order valence-corrected chi connectivity index (χ2v) is 28.7. The summed E-state index contributed by atoms with van der Waals surface area (Å²) < 4.78 is 14.2. The van der Waals surface area contributed by atoms with Gasteiger partial charge in [-0.3, -0.25) is 19.2 Å². The first-order valence-corrected chi connectivity index (χ1v) is 27.3. The molecule has 10 nitrogen and oxygen atoms in total. The summed E-state index contributed by atoms with van der Waals surface area (Å²) in [6, 6.07) is 4.20. The molecule has 9 fully saturated rings. The monoisotopic (exact) mass is 951 g/mol. The number of fused-ring (bicyclic) bond motifs is 8. The Morgan fingerprint density at radius 1 is 0.557 bits per heavy atom. The molecule has 4 heterocycles. The van der Waals surface area contributed by atoms with Crippen molar-refractivity contribution in [2.24, 2.45) is 66.0 Å². The highest BCUT2D eigenvalue weighted by Crippen LogP contribution is 2.84. The Bertz CT molecular complexity index is 2730. The van der Waals surface area contributed by atoms with E-state index in [1.807, 2.05) is 38.4 Å². The van der Waals surface area contributed by atoms with Gasteiger partial charge in [0.15, 0.2) is 11.6 Å². The molecule has 2 saturated heterocycles. The standard InChI is InChI=1S/C31H40N2O3.C29H38N2O3/c1-25(2)9-11-29-12-10-28(5)27(4)8-7-22-26(3,16-19(18-32)24(35)33(22)6)20(27)15-23(34)31(28,21(29)17-25)36-30(29)13-14-30;1-24(2)9-11-28-12-10-27(5)26(4)8-7-21-25(3,14-18(16-30)23(33)31(21)6)19(26)13-22(32)29(27,34-17-28)20(28)15-24/h15-16,21-22H,7-14,17H2,1-6H3;13-14,20-21H,7-12,15,17H2,1-6H3/t21-,22-,26-,27-,28+,29+,31-;20-,21-,25-,26-,27+,28-,29-/m11/s1. The summed E-state index contributed by atoms with van der Waals surface area (Å²) in [4.78, 5) is 58.3. The molecule has 0 aromatic heterocycles. The van der Waals surface area contributed by atoms with E-state index in [4.69, 9.17) is 9.47 Å². The number of ether oxygens (including phenoxy) is 2. The van der Waals surface area contributed by atoms with E-state index in [0.29, 0.717) is 6.61 Å². The van der Waals surface area contributed by atoms with E-state index in [0.717, 1.165) is 94.6 Å². The minimum atomic E-state index is -0.765. The lowest BCUT2D eigenvalue weighted by atomic mass is 9.34. The van der Waals surface area contributed by atoms with Crippen LogP contribution in [0.15, 0.2) is 46.6 Å². The quantitative estimate of drug-likeness (QED) is 0.234. The van der Waals surface area contributed by atoms with Crippen LogP contribution < -0.4 is 0 Å². The van der Waals surface area contributed by atoms with Crippen LogP contribution in [0.4, 0.5) is 0 Å². The van der Waals surface area contributed by atoms with Gasteiger partial charge >= 0.3 is 0 Å². The van der Waals surface area contributed by atoms with Gasteiger partial charge in [0.05, 0.1) is 12.2 Å². The Balaban J connectivity index is 0.000000144. The highest BCUT2D eigenvalue weighted by atomic mass is 16.5. The Morgan fingerprint density at radius 3 is 1.51 bits per heavy atom. The molecule has 13 aliphatic rings. The lowest BCUT2D eigenvalue weighted by Crippen LogP contribution is -2.72. The fourth-order valence-electron chi connectivity index (χ4n) is 20.9. The molecule has 9 aliphatic carbocycles. The molecule has 0 N–H and O–H groups in total. The molecule has 4 aliphatic heterocycles. The van der Waals surface area contributed by atoms with Crippen molar-refractivity contribution >= 4 is 23.4 Å². The molecule has 374 valence electrons. The first kappa shape index (κ1) is 47.2. The Labute approximate surface area is 417 Å². The van der Waals surface area contributed by atoms with Crippen LogP contribution in [-0.4, -0.2) is 82.8 Å². The number of likely N-dealkylation sites (N-methyl/N-ethyl adjacent to an activating group) is 2. The van der Waals surface area contributed by atoms with Gasteiger partial charge in [0, 0.05) is 65.1 Å². The van der Waals surface area contributed by atoms with Crippen molar-refractivity contribution < 1.29 is 28.7 Å². The third-order valence-corrected chi connectivity index (χ3v) is 25.3. The predicted octanol–water partition coefficient (Wildman–Crippen LogP) is 10.5. The fourth-order valence-corrected chi connectivity index (χ4v) is 20.9. The van der Waals surface area contributed by atoms with Crippen LogP contribution in [0.2, 0.25) is 0 Å². The summed E-state index contributed by atoms with van der Waals surface area (Å²) in [5.41, 5.74) is -0.437. The van der Waals surface area contributed by atoms with Crippen LogP contribution in [0.3, 0.4) is 0 Å². The molecule has 0 radical (unpaired) electrons. The Hall–Kier alpha value is -3.86. The maximum atomic E-state index is 14.7. The number of nitrogens with zero attached hydrogens (tertiary/aromatic N) is 4. The van der Waals surface area contributed by atoms with Crippen molar-refractivity contribution in [2.45, 2.75) is 201 Å². The third kappa shape index (κ3) is 4.96. The number of hydrogen-bond donors (Lipinski definition) is 0. The van der Waals surface area contributed by atoms with E-state index in [2.05, 4.69) is 81.4 Å². The SMILES string of the molecule is CN1C(=O)C(C#N)=C[C@]2(C)C3=CC(=O)[C@]45OC6(CC6)[C@@]6(CCC(C)(C)C[C@H]64)CC[C@@]5(C)[C@]3(C)CC[C@@H]12.CN1C(=O)C(C#N)=C[C@]2(C)C3=CC(=O)[C@]45OC[C@@]6(CCC(C)(C)C[C@H]64)CC[C@@]5(C)[C@]3(C)CC[C@@H]12. The minimum absolute atomic E-state index is 0.0392. The van der Waals surface area contributed by atoms with Gasteiger partial charge in [0.2, 0.25) is 0 Å². The van der Waals surface area contributed by atoms with E-state index < -0.39 is 22.0 Å². The van der Waals surface area contributed by atoms with Gasteiger partial charge in [-0.2, -0.15) is 10.5 Å². The van der Waals surface area contributed by atoms with Crippen LogP contribution in [-0.2, 0) is 28.7 Å². The molecule has 10 heteroatoms. The van der Waals surface area contributed by atoms with Crippen molar-refractivity contribution in [1.82, 2.24) is 9.80 Å². The number of carbonyl (C=O) groups excluding carboxylic acids is 4.